The summed E-state index contributed by atoms with van der Waals surface area (Å²) in [5.74, 6) is 0.746. The minimum absolute atomic E-state index is 0.0247. The zero-order chi connectivity index (χ0) is 20.6. The van der Waals surface area contributed by atoms with Gasteiger partial charge in [-0.25, -0.2) is 9.97 Å². The highest BCUT2D eigenvalue weighted by Gasteiger charge is 2.28. The lowest BCUT2D eigenvalue weighted by Gasteiger charge is -2.31. The summed E-state index contributed by atoms with van der Waals surface area (Å²) in [4.78, 5) is 24.6. The Bertz CT molecular complexity index is 1010. The van der Waals surface area contributed by atoms with Crippen molar-refractivity contribution in [3.8, 4) is 0 Å². The Morgan fingerprint density at radius 3 is 2.59 bits per heavy atom. The van der Waals surface area contributed by atoms with Gasteiger partial charge in [-0.2, -0.15) is 0 Å². The van der Waals surface area contributed by atoms with Crippen LogP contribution in [0.2, 0.25) is 0 Å². The van der Waals surface area contributed by atoms with Gasteiger partial charge in [-0.15, -0.1) is 11.3 Å². The highest BCUT2D eigenvalue weighted by molar-refractivity contribution is 7.09. The molecular formula is C22H29N5OS. The Labute approximate surface area is 176 Å². The predicted molar refractivity (Wildman–Crippen MR) is 118 cm³/mol. The van der Waals surface area contributed by atoms with Crippen molar-refractivity contribution in [2.75, 3.05) is 18.4 Å². The zero-order valence-electron chi connectivity index (χ0n) is 17.6. The fraction of sp³-hybridized carbons (Fsp3) is 0.500. The summed E-state index contributed by atoms with van der Waals surface area (Å²) >= 11 is 1.69. The van der Waals surface area contributed by atoms with Crippen LogP contribution in [0.3, 0.4) is 0 Å². The minimum atomic E-state index is -0.173. The van der Waals surface area contributed by atoms with E-state index in [0.29, 0.717) is 5.95 Å². The molecule has 4 rings (SSSR count). The highest BCUT2D eigenvalue weighted by atomic mass is 32.1. The topological polar surface area (TPSA) is 63.1 Å². The number of para-hydroxylation sites is 2. The fourth-order valence-electron chi connectivity index (χ4n) is 4.06. The fourth-order valence-corrected chi connectivity index (χ4v) is 4.67. The average molecular weight is 412 g/mol. The third kappa shape index (κ3) is 4.36. The first-order chi connectivity index (χ1) is 13.8. The number of aryl methyl sites for hydroxylation is 1. The summed E-state index contributed by atoms with van der Waals surface area (Å²) in [5, 5.41) is 6.37. The molecule has 154 valence electrons. The number of aromatic nitrogens is 3. The molecule has 1 saturated heterocycles. The van der Waals surface area contributed by atoms with Crippen molar-refractivity contribution in [2.24, 2.45) is 5.92 Å². The van der Waals surface area contributed by atoms with Crippen LogP contribution in [0.5, 0.6) is 0 Å². The molecule has 1 N–H and O–H groups in total. The van der Waals surface area contributed by atoms with Crippen LogP contribution in [0.4, 0.5) is 5.95 Å². The molecule has 1 aliphatic heterocycles. The van der Waals surface area contributed by atoms with Crippen molar-refractivity contribution >= 4 is 34.2 Å². The monoisotopic (exact) mass is 411 g/mol. The Hall–Kier alpha value is -2.25. The second-order valence-electron chi connectivity index (χ2n) is 8.83. The SMILES string of the molecule is Cc1nc(CN2CCC(C(=O)Nc3nc4ccccc4n3C(C)(C)C)CC2)cs1. The second kappa shape index (κ2) is 7.88. The predicted octanol–water partition coefficient (Wildman–Crippen LogP) is 4.41. The zero-order valence-corrected chi connectivity index (χ0v) is 18.4. The van der Waals surface area contributed by atoms with Gasteiger partial charge in [-0.1, -0.05) is 12.1 Å². The molecule has 0 radical (unpaired) electrons. The van der Waals surface area contributed by atoms with Crippen molar-refractivity contribution in [2.45, 2.75) is 52.6 Å². The maximum Gasteiger partial charge on any atom is 0.229 e. The Balaban J connectivity index is 1.43. The first-order valence-corrected chi connectivity index (χ1v) is 11.1. The first kappa shape index (κ1) is 20.0. The molecule has 1 amide bonds. The molecule has 3 heterocycles. The normalized spacial score (nSPS) is 16.4. The van der Waals surface area contributed by atoms with Gasteiger partial charge in [0.05, 0.1) is 21.7 Å². The number of piperidine rings is 1. The summed E-state index contributed by atoms with van der Waals surface area (Å²) in [6.45, 7) is 11.2. The highest BCUT2D eigenvalue weighted by Crippen LogP contribution is 2.29. The number of hydrogen-bond acceptors (Lipinski definition) is 5. The lowest BCUT2D eigenvalue weighted by Crippen LogP contribution is -2.38. The standard InChI is InChI=1S/C22H29N5OS/c1-15-23-17(14-29-15)13-26-11-9-16(10-12-26)20(28)25-21-24-18-7-5-6-8-19(18)27(21)22(2,3)4/h5-8,14,16H,9-13H2,1-4H3,(H,24,25,28). The minimum Gasteiger partial charge on any atom is -0.305 e. The number of likely N-dealkylation sites (tertiary alicyclic amines) is 1. The number of fused-ring (bicyclic) bond motifs is 1. The summed E-state index contributed by atoms with van der Waals surface area (Å²) in [7, 11) is 0. The molecule has 1 aromatic carbocycles. The van der Waals surface area contributed by atoms with Gasteiger partial charge in [0, 0.05) is 23.4 Å². The van der Waals surface area contributed by atoms with Crippen LogP contribution < -0.4 is 5.32 Å². The van der Waals surface area contributed by atoms with E-state index in [1.165, 1.54) is 0 Å². The van der Waals surface area contributed by atoms with Crippen molar-refractivity contribution in [1.29, 1.82) is 0 Å². The van der Waals surface area contributed by atoms with Crippen LogP contribution in [-0.4, -0.2) is 38.4 Å². The average Bonchev–Trinajstić information content (AvgIpc) is 3.24. The lowest BCUT2D eigenvalue weighted by molar-refractivity contribution is -0.121. The van der Waals surface area contributed by atoms with E-state index >= 15 is 0 Å². The number of benzene rings is 1. The number of imidazole rings is 1. The van der Waals surface area contributed by atoms with Gasteiger partial charge < -0.3 is 4.57 Å². The molecule has 7 heteroatoms. The molecule has 29 heavy (non-hydrogen) atoms. The largest absolute Gasteiger partial charge is 0.305 e. The lowest BCUT2D eigenvalue weighted by atomic mass is 9.96. The van der Waals surface area contributed by atoms with E-state index in [1.54, 1.807) is 11.3 Å². The van der Waals surface area contributed by atoms with E-state index in [0.717, 1.165) is 54.2 Å². The number of nitrogens with zero attached hydrogens (tertiary/aromatic N) is 4. The Morgan fingerprint density at radius 2 is 1.93 bits per heavy atom. The summed E-state index contributed by atoms with van der Waals surface area (Å²) < 4.78 is 2.12. The summed E-state index contributed by atoms with van der Waals surface area (Å²) in [5.41, 5.74) is 2.91. The third-order valence-corrected chi connectivity index (χ3v) is 6.30. The van der Waals surface area contributed by atoms with Crippen LogP contribution >= 0.6 is 11.3 Å². The quantitative estimate of drug-likeness (QED) is 0.691. The van der Waals surface area contributed by atoms with Gasteiger partial charge in [0.25, 0.3) is 0 Å². The van der Waals surface area contributed by atoms with E-state index in [-0.39, 0.29) is 17.4 Å². The Morgan fingerprint density at radius 1 is 1.21 bits per heavy atom. The van der Waals surface area contributed by atoms with Crippen LogP contribution in [0.25, 0.3) is 11.0 Å². The summed E-state index contributed by atoms with van der Waals surface area (Å²) in [6, 6.07) is 8.04. The van der Waals surface area contributed by atoms with Crippen molar-refractivity contribution in [3.63, 3.8) is 0 Å². The number of rotatable bonds is 4. The molecule has 1 aliphatic rings. The number of amides is 1. The van der Waals surface area contributed by atoms with Gasteiger partial charge in [0.1, 0.15) is 0 Å². The maximum absolute atomic E-state index is 13.0. The molecule has 0 bridgehead atoms. The van der Waals surface area contributed by atoms with Gasteiger partial charge in [-0.3, -0.25) is 15.0 Å². The van der Waals surface area contributed by atoms with Crippen LogP contribution in [0.15, 0.2) is 29.6 Å². The molecular weight excluding hydrogens is 382 g/mol. The molecule has 0 spiro atoms. The molecule has 0 aliphatic carbocycles. The maximum atomic E-state index is 13.0. The molecule has 3 aromatic rings. The van der Waals surface area contributed by atoms with Crippen LogP contribution in [-0.2, 0) is 16.9 Å². The molecule has 0 saturated carbocycles. The van der Waals surface area contributed by atoms with Crippen molar-refractivity contribution < 1.29 is 4.79 Å². The van der Waals surface area contributed by atoms with Crippen molar-refractivity contribution in [3.05, 3.63) is 40.3 Å². The van der Waals surface area contributed by atoms with Gasteiger partial charge in [-0.05, 0) is 65.8 Å². The second-order valence-corrected chi connectivity index (χ2v) is 9.89. The number of anilines is 1. The van der Waals surface area contributed by atoms with E-state index < -0.39 is 0 Å². The molecule has 6 nitrogen and oxygen atoms in total. The van der Waals surface area contributed by atoms with Crippen LogP contribution in [0, 0.1) is 12.8 Å². The van der Waals surface area contributed by atoms with Crippen LogP contribution in [0.1, 0.15) is 44.3 Å². The summed E-state index contributed by atoms with van der Waals surface area (Å²) in [6.07, 6.45) is 1.73. The number of thiazole rings is 1. The van der Waals surface area contributed by atoms with Gasteiger partial charge >= 0.3 is 0 Å². The number of carbonyl (C=O) groups is 1. The van der Waals surface area contributed by atoms with E-state index in [4.69, 9.17) is 4.98 Å². The Kier molecular flexibility index (Phi) is 5.44. The van der Waals surface area contributed by atoms with Gasteiger partial charge in [0.15, 0.2) is 0 Å². The van der Waals surface area contributed by atoms with E-state index in [1.807, 2.05) is 25.1 Å². The van der Waals surface area contributed by atoms with E-state index in [9.17, 15) is 4.79 Å². The van der Waals surface area contributed by atoms with E-state index in [2.05, 4.69) is 52.0 Å². The number of nitrogens with one attached hydrogen (secondary N) is 1. The molecule has 1 fully saturated rings. The third-order valence-electron chi connectivity index (χ3n) is 5.48. The number of carbonyl (C=O) groups excluding carboxylic acids is 1. The molecule has 0 unspecified atom stereocenters. The van der Waals surface area contributed by atoms with Crippen molar-refractivity contribution in [1.82, 2.24) is 19.4 Å². The molecule has 0 atom stereocenters. The van der Waals surface area contributed by atoms with Gasteiger partial charge in [0.2, 0.25) is 11.9 Å². The number of hydrogen-bond donors (Lipinski definition) is 1. The first-order valence-electron chi connectivity index (χ1n) is 10.2. The smallest absolute Gasteiger partial charge is 0.229 e. The molecule has 2 aromatic heterocycles.